The van der Waals surface area contributed by atoms with E-state index in [2.05, 4.69) is 0 Å². The summed E-state index contributed by atoms with van der Waals surface area (Å²) >= 11 is 20.0. The van der Waals surface area contributed by atoms with E-state index in [1.54, 1.807) is 0 Å². The van der Waals surface area contributed by atoms with Gasteiger partial charge in [-0.2, -0.15) is 0 Å². The summed E-state index contributed by atoms with van der Waals surface area (Å²) < 4.78 is -0.198. The number of halogens is 4. The van der Waals surface area contributed by atoms with Crippen molar-refractivity contribution in [3.05, 3.63) is 8.98 Å². The van der Waals surface area contributed by atoms with Gasteiger partial charge in [0.05, 0.1) is 0 Å². The maximum absolute atomic E-state index is 4.99. The van der Waals surface area contributed by atoms with Crippen LogP contribution in [-0.4, -0.2) is 0 Å². The van der Waals surface area contributed by atoms with Crippen molar-refractivity contribution in [2.24, 2.45) is 0 Å². The van der Waals surface area contributed by atoms with Gasteiger partial charge in [-0.15, -0.1) is 0 Å². The Morgan fingerprint density at radius 2 is 0.778 bits per heavy atom. The SMILES string of the molecule is ClC(Cl)=C(Cl)Cl.[O-2].[O-2].[Ti+4]. The topological polar surface area (TPSA) is 57.0 Å². The summed E-state index contributed by atoms with van der Waals surface area (Å²) in [6.45, 7) is 0. The fourth-order valence-corrected chi connectivity index (χ4v) is 0. The summed E-state index contributed by atoms with van der Waals surface area (Å²) in [6, 6.07) is 0. The molecule has 0 spiro atoms. The predicted molar refractivity (Wildman–Crippen MR) is 31.8 cm³/mol. The van der Waals surface area contributed by atoms with E-state index in [1.165, 1.54) is 0 Å². The van der Waals surface area contributed by atoms with Crippen LogP contribution in [0.1, 0.15) is 0 Å². The van der Waals surface area contributed by atoms with Crippen molar-refractivity contribution in [1.29, 1.82) is 0 Å². The van der Waals surface area contributed by atoms with Gasteiger partial charge in [0, 0.05) is 0 Å². The first-order valence-corrected chi connectivity index (χ1v) is 2.52. The molecule has 0 bridgehead atoms. The van der Waals surface area contributed by atoms with Crippen molar-refractivity contribution in [3.63, 3.8) is 0 Å². The molecule has 0 atom stereocenters. The van der Waals surface area contributed by atoms with Crippen molar-refractivity contribution in [3.8, 4) is 0 Å². The number of hydrogen-bond acceptors (Lipinski definition) is 0. The van der Waals surface area contributed by atoms with Crippen LogP contribution in [0.15, 0.2) is 8.98 Å². The number of rotatable bonds is 0. The molecule has 0 aromatic carbocycles. The van der Waals surface area contributed by atoms with Crippen LogP contribution < -0.4 is 0 Å². The minimum Gasteiger partial charge on any atom is -2.00 e. The summed E-state index contributed by atoms with van der Waals surface area (Å²) in [4.78, 5) is 0. The second-order valence-electron chi connectivity index (χ2n) is 0.521. The summed E-state index contributed by atoms with van der Waals surface area (Å²) in [5, 5.41) is 0. The molecule has 0 aromatic heterocycles. The van der Waals surface area contributed by atoms with Crippen molar-refractivity contribution < 1.29 is 32.7 Å². The fraction of sp³-hybridized carbons (Fsp3) is 0. The van der Waals surface area contributed by atoms with E-state index >= 15 is 0 Å². The van der Waals surface area contributed by atoms with Crippen molar-refractivity contribution in [2.75, 3.05) is 0 Å². The van der Waals surface area contributed by atoms with Gasteiger partial charge in [0.1, 0.15) is 8.98 Å². The Morgan fingerprint density at radius 3 is 0.778 bits per heavy atom. The second kappa shape index (κ2) is 12.2. The molecule has 0 aromatic rings. The third-order valence-corrected chi connectivity index (χ3v) is 1.29. The second-order valence-corrected chi connectivity index (χ2v) is 2.42. The van der Waals surface area contributed by atoms with Crippen LogP contribution >= 0.6 is 46.4 Å². The minimum atomic E-state index is -0.0988. The van der Waals surface area contributed by atoms with Gasteiger partial charge in [0.25, 0.3) is 0 Å². The largest absolute Gasteiger partial charge is 4.00 e. The summed E-state index contributed by atoms with van der Waals surface area (Å²) in [5.74, 6) is 0. The molecule has 0 aliphatic carbocycles. The Morgan fingerprint density at radius 1 is 0.667 bits per heavy atom. The fourth-order valence-electron chi connectivity index (χ4n) is 0. The van der Waals surface area contributed by atoms with Crippen molar-refractivity contribution in [1.82, 2.24) is 0 Å². The van der Waals surface area contributed by atoms with Crippen LogP contribution in [0.4, 0.5) is 0 Å². The normalized spacial score (nSPS) is 5.33. The predicted octanol–water partition coefficient (Wildman–Crippen LogP) is 2.83. The average Bonchev–Trinajstić information content (AvgIpc) is 1.36. The molecule has 0 amide bonds. The molecule has 2 nitrogen and oxygen atoms in total. The smallest absolute Gasteiger partial charge is 2.00 e. The zero-order valence-electron chi connectivity index (χ0n) is 3.83. The van der Waals surface area contributed by atoms with Gasteiger partial charge < -0.3 is 11.0 Å². The molecule has 0 unspecified atom stereocenters. The first-order valence-electron chi connectivity index (χ1n) is 1.01. The third kappa shape index (κ3) is 17.7. The third-order valence-electron chi connectivity index (χ3n) is 0.143. The zero-order chi connectivity index (χ0) is 5.15. The van der Waals surface area contributed by atoms with Gasteiger partial charge in [0.2, 0.25) is 0 Å². The molecule has 0 heterocycles. The summed E-state index contributed by atoms with van der Waals surface area (Å²) in [5.41, 5.74) is 0. The standard InChI is InChI=1S/C2Cl4.2O.Ti/c3-1(4)2(5)6;;;/q;2*-2;+4. The molecular weight excluding hydrogens is 246 g/mol. The van der Waals surface area contributed by atoms with Crippen LogP contribution in [0.3, 0.4) is 0 Å². The van der Waals surface area contributed by atoms with Crippen LogP contribution in [0.25, 0.3) is 0 Å². The van der Waals surface area contributed by atoms with Gasteiger partial charge in [0.15, 0.2) is 0 Å². The van der Waals surface area contributed by atoms with E-state index < -0.39 is 0 Å². The molecule has 0 fully saturated rings. The first-order chi connectivity index (χ1) is 2.64. The van der Waals surface area contributed by atoms with Gasteiger partial charge in [-0.1, -0.05) is 46.4 Å². The zero-order valence-corrected chi connectivity index (χ0v) is 8.41. The molecule has 9 heavy (non-hydrogen) atoms. The quantitative estimate of drug-likeness (QED) is 0.590. The van der Waals surface area contributed by atoms with Gasteiger partial charge in [-0.05, 0) is 0 Å². The average molecular weight is 246 g/mol. The Hall–Kier alpha value is 1.53. The van der Waals surface area contributed by atoms with Crippen LogP contribution in [0, 0.1) is 0 Å². The van der Waals surface area contributed by atoms with Crippen molar-refractivity contribution in [2.45, 2.75) is 0 Å². The van der Waals surface area contributed by atoms with E-state index in [1.807, 2.05) is 0 Å². The van der Waals surface area contributed by atoms with E-state index in [0.29, 0.717) is 0 Å². The summed E-state index contributed by atoms with van der Waals surface area (Å²) in [6.07, 6.45) is 0. The Balaban J connectivity index is -0.0000000417. The maximum atomic E-state index is 4.99. The van der Waals surface area contributed by atoms with E-state index in [4.69, 9.17) is 46.4 Å². The van der Waals surface area contributed by atoms with Gasteiger partial charge in [-0.25, -0.2) is 0 Å². The molecule has 52 valence electrons. The molecule has 7 heteroatoms. The monoisotopic (exact) mass is 244 g/mol. The van der Waals surface area contributed by atoms with E-state index in [0.717, 1.165) is 0 Å². The molecule has 0 saturated heterocycles. The van der Waals surface area contributed by atoms with Crippen LogP contribution in [0.2, 0.25) is 0 Å². The molecule has 0 aliphatic heterocycles. The Bertz CT molecular complexity index is 66.6. The molecule has 0 N–H and O–H groups in total. The van der Waals surface area contributed by atoms with Crippen LogP contribution in [-0.2, 0) is 32.7 Å². The Labute approximate surface area is 87.6 Å². The maximum Gasteiger partial charge on any atom is 4.00 e. The summed E-state index contributed by atoms with van der Waals surface area (Å²) in [7, 11) is 0. The molecular formula is C2Cl4O2Ti. The van der Waals surface area contributed by atoms with Crippen LogP contribution in [0.5, 0.6) is 0 Å². The van der Waals surface area contributed by atoms with Gasteiger partial charge in [-0.3, -0.25) is 0 Å². The molecule has 0 radical (unpaired) electrons. The van der Waals surface area contributed by atoms with Gasteiger partial charge >= 0.3 is 21.7 Å². The first kappa shape index (κ1) is 22.4. The number of hydrogen-bond donors (Lipinski definition) is 0. The molecule has 0 rings (SSSR count). The molecule has 0 aliphatic rings. The Kier molecular flexibility index (Phi) is 30.5. The van der Waals surface area contributed by atoms with E-state index in [9.17, 15) is 0 Å². The van der Waals surface area contributed by atoms with Crippen molar-refractivity contribution >= 4 is 46.4 Å². The van der Waals surface area contributed by atoms with E-state index in [-0.39, 0.29) is 41.7 Å². The molecule has 0 saturated carbocycles. The minimum absolute atomic E-state index is 0.